The molecular formula is C27H28ClN3O2S. The molecule has 3 aromatic rings. The van der Waals surface area contributed by atoms with Crippen molar-refractivity contribution in [3.8, 4) is 0 Å². The molecule has 2 aliphatic rings. The minimum atomic E-state index is -0.801. The summed E-state index contributed by atoms with van der Waals surface area (Å²) in [4.78, 5) is 32.7. The smallest absolute Gasteiger partial charge is 0.246 e. The van der Waals surface area contributed by atoms with E-state index in [0.717, 1.165) is 35.1 Å². The highest BCUT2D eigenvalue weighted by Crippen LogP contribution is 2.35. The second-order valence-electron chi connectivity index (χ2n) is 9.15. The molecule has 1 unspecified atom stereocenters. The third-order valence-electron chi connectivity index (χ3n) is 6.99. The van der Waals surface area contributed by atoms with Crippen molar-refractivity contribution < 1.29 is 9.59 Å². The van der Waals surface area contributed by atoms with E-state index in [0.29, 0.717) is 25.8 Å². The summed E-state index contributed by atoms with van der Waals surface area (Å²) in [6.07, 6.45) is 1.76. The van der Waals surface area contributed by atoms with Crippen molar-refractivity contribution in [3.63, 3.8) is 0 Å². The molecule has 2 amide bonds. The Morgan fingerprint density at radius 1 is 0.912 bits per heavy atom. The number of amides is 2. The Morgan fingerprint density at radius 3 is 2.32 bits per heavy atom. The van der Waals surface area contributed by atoms with Crippen molar-refractivity contribution in [3.05, 3.63) is 93.1 Å². The van der Waals surface area contributed by atoms with Gasteiger partial charge in [-0.25, -0.2) is 0 Å². The van der Waals surface area contributed by atoms with Crippen molar-refractivity contribution in [1.82, 2.24) is 15.1 Å². The van der Waals surface area contributed by atoms with Crippen LogP contribution in [0.1, 0.15) is 28.8 Å². The monoisotopic (exact) mass is 493 g/mol. The van der Waals surface area contributed by atoms with Crippen LogP contribution in [0.3, 0.4) is 0 Å². The predicted octanol–water partition coefficient (Wildman–Crippen LogP) is 4.51. The number of carbonyl (C=O) groups is 2. The fraction of sp³-hybridized carbons (Fsp3) is 0.333. The first kappa shape index (κ1) is 23.1. The van der Waals surface area contributed by atoms with Crippen molar-refractivity contribution >= 4 is 34.8 Å². The van der Waals surface area contributed by atoms with Gasteiger partial charge in [0.1, 0.15) is 11.6 Å². The maximum absolute atomic E-state index is 13.8. The lowest BCUT2D eigenvalue weighted by Gasteiger charge is -2.51. The van der Waals surface area contributed by atoms with Crippen LogP contribution < -0.4 is 5.32 Å². The molecule has 7 heteroatoms. The summed E-state index contributed by atoms with van der Waals surface area (Å²) in [6, 6.07) is 21.3. The number of rotatable bonds is 6. The zero-order valence-electron chi connectivity index (χ0n) is 19.0. The van der Waals surface area contributed by atoms with Crippen LogP contribution in [0, 0.1) is 0 Å². The molecule has 0 radical (unpaired) electrons. The van der Waals surface area contributed by atoms with E-state index in [1.807, 2.05) is 77.0 Å². The van der Waals surface area contributed by atoms with E-state index < -0.39 is 11.6 Å². The van der Waals surface area contributed by atoms with Gasteiger partial charge in [-0.1, -0.05) is 60.1 Å². The highest BCUT2D eigenvalue weighted by atomic mass is 35.5. The maximum Gasteiger partial charge on any atom is 0.246 e. The van der Waals surface area contributed by atoms with Crippen LogP contribution >= 0.6 is 22.9 Å². The number of hydrogen-bond donors (Lipinski definition) is 1. The molecule has 5 rings (SSSR count). The van der Waals surface area contributed by atoms with Gasteiger partial charge in [0.15, 0.2) is 0 Å². The van der Waals surface area contributed by atoms with Gasteiger partial charge in [0.05, 0.1) is 6.54 Å². The van der Waals surface area contributed by atoms with E-state index in [9.17, 15) is 9.59 Å². The van der Waals surface area contributed by atoms with Gasteiger partial charge in [-0.15, -0.1) is 11.3 Å². The Morgan fingerprint density at radius 2 is 1.65 bits per heavy atom. The molecule has 2 aliphatic heterocycles. The molecule has 2 aromatic carbocycles. The minimum Gasteiger partial charge on any atom is -0.342 e. The van der Waals surface area contributed by atoms with Gasteiger partial charge in [-0.2, -0.15) is 0 Å². The summed E-state index contributed by atoms with van der Waals surface area (Å²) in [5.74, 6) is -0.00117. The lowest BCUT2D eigenvalue weighted by Crippen LogP contribution is -2.72. The Balaban J connectivity index is 1.35. The van der Waals surface area contributed by atoms with Gasteiger partial charge in [0, 0.05) is 36.0 Å². The van der Waals surface area contributed by atoms with Crippen LogP contribution in [-0.4, -0.2) is 46.3 Å². The molecule has 1 spiro atoms. The van der Waals surface area contributed by atoms with Crippen LogP contribution in [0.2, 0.25) is 5.02 Å². The van der Waals surface area contributed by atoms with E-state index in [1.165, 1.54) is 5.56 Å². The summed E-state index contributed by atoms with van der Waals surface area (Å²) >= 11 is 7.65. The number of likely N-dealkylation sites (tertiary alicyclic amines) is 1. The molecule has 5 nitrogen and oxygen atoms in total. The number of hydrogen-bond acceptors (Lipinski definition) is 4. The number of piperidine rings is 1. The van der Waals surface area contributed by atoms with Crippen LogP contribution in [0.25, 0.3) is 0 Å². The Hall–Kier alpha value is -2.67. The van der Waals surface area contributed by atoms with E-state index in [2.05, 4.69) is 10.2 Å². The third kappa shape index (κ3) is 4.76. The van der Waals surface area contributed by atoms with Crippen molar-refractivity contribution in [2.75, 3.05) is 13.1 Å². The number of carbonyl (C=O) groups excluding carboxylic acids is 2. The number of nitrogens with one attached hydrogen (secondary N) is 1. The van der Waals surface area contributed by atoms with Crippen LogP contribution in [0.15, 0.2) is 72.1 Å². The highest BCUT2D eigenvalue weighted by Gasteiger charge is 2.53. The van der Waals surface area contributed by atoms with Gasteiger partial charge in [0.2, 0.25) is 11.8 Å². The van der Waals surface area contributed by atoms with Gasteiger partial charge in [-0.3, -0.25) is 14.5 Å². The molecule has 0 aliphatic carbocycles. The molecule has 34 heavy (non-hydrogen) atoms. The second kappa shape index (κ2) is 9.90. The normalized spacial score (nSPS) is 20.5. The topological polar surface area (TPSA) is 52.7 Å². The van der Waals surface area contributed by atoms with Crippen molar-refractivity contribution in [2.24, 2.45) is 0 Å². The molecule has 3 heterocycles. The van der Waals surface area contributed by atoms with Crippen LogP contribution in [0.5, 0.6) is 0 Å². The predicted molar refractivity (Wildman–Crippen MR) is 136 cm³/mol. The maximum atomic E-state index is 13.8. The van der Waals surface area contributed by atoms with Crippen molar-refractivity contribution in [1.29, 1.82) is 0 Å². The Bertz CT molecular complexity index is 1130. The zero-order chi connectivity index (χ0) is 23.5. The minimum absolute atomic E-state index is 0.0167. The second-order valence-corrected chi connectivity index (χ2v) is 10.6. The number of piperazine rings is 1. The van der Waals surface area contributed by atoms with Gasteiger partial charge in [0.25, 0.3) is 0 Å². The first-order valence-electron chi connectivity index (χ1n) is 11.7. The number of halogens is 1. The Kier molecular flexibility index (Phi) is 6.73. The summed E-state index contributed by atoms with van der Waals surface area (Å²) < 4.78 is 0. The van der Waals surface area contributed by atoms with Crippen molar-refractivity contribution in [2.45, 2.75) is 43.9 Å². The van der Waals surface area contributed by atoms with Crippen LogP contribution in [0.4, 0.5) is 0 Å². The fourth-order valence-electron chi connectivity index (χ4n) is 5.08. The van der Waals surface area contributed by atoms with Gasteiger partial charge < -0.3 is 10.2 Å². The van der Waals surface area contributed by atoms with E-state index >= 15 is 0 Å². The number of benzene rings is 2. The lowest BCUT2D eigenvalue weighted by atomic mass is 9.81. The highest BCUT2D eigenvalue weighted by molar-refractivity contribution is 7.09. The molecule has 1 atom stereocenters. The Labute approximate surface area is 209 Å². The summed E-state index contributed by atoms with van der Waals surface area (Å²) in [5, 5.41) is 5.85. The molecule has 1 N–H and O–H groups in total. The molecule has 1 aromatic heterocycles. The molecule has 0 bridgehead atoms. The zero-order valence-corrected chi connectivity index (χ0v) is 20.5. The lowest BCUT2D eigenvalue weighted by molar-refractivity contribution is -0.162. The number of nitrogens with zero attached hydrogens (tertiary/aromatic N) is 2. The number of thiophene rings is 1. The standard InChI is InChI=1S/C27H28ClN3O2S/c28-22-10-8-21(9-11-22)18-30-14-12-27(13-15-30)26(33)29-24(17-20-5-2-1-3-6-20)25(32)31(27)19-23-7-4-16-34-23/h1-11,16,24H,12-15,17-19H2,(H,29,33). The SMILES string of the molecule is O=C1C(Cc2ccccc2)NC(=O)C2(CCN(Cc3ccc(Cl)cc3)CC2)N1Cc1cccs1. The van der Waals surface area contributed by atoms with E-state index in [-0.39, 0.29) is 11.8 Å². The first-order valence-corrected chi connectivity index (χ1v) is 12.9. The summed E-state index contributed by atoms with van der Waals surface area (Å²) in [6.45, 7) is 2.80. The van der Waals surface area contributed by atoms with Crippen LogP contribution in [-0.2, 0) is 29.1 Å². The first-order chi connectivity index (χ1) is 16.5. The average Bonchev–Trinajstić information content (AvgIpc) is 3.37. The molecule has 0 saturated carbocycles. The fourth-order valence-corrected chi connectivity index (χ4v) is 5.90. The largest absolute Gasteiger partial charge is 0.342 e. The summed E-state index contributed by atoms with van der Waals surface area (Å²) in [7, 11) is 0. The molecule has 2 fully saturated rings. The third-order valence-corrected chi connectivity index (χ3v) is 8.10. The quantitative estimate of drug-likeness (QED) is 0.550. The molecular weight excluding hydrogens is 466 g/mol. The van der Waals surface area contributed by atoms with E-state index in [4.69, 9.17) is 11.6 Å². The molecule has 2 saturated heterocycles. The average molecular weight is 494 g/mol. The van der Waals surface area contributed by atoms with E-state index in [1.54, 1.807) is 11.3 Å². The summed E-state index contributed by atoms with van der Waals surface area (Å²) in [5.41, 5.74) is 1.44. The van der Waals surface area contributed by atoms with Gasteiger partial charge in [-0.05, 0) is 47.5 Å². The van der Waals surface area contributed by atoms with Gasteiger partial charge >= 0.3 is 0 Å². The molecule has 176 valence electrons.